The van der Waals surface area contributed by atoms with Crippen molar-refractivity contribution in [1.82, 2.24) is 20.4 Å². The molecule has 0 saturated carbocycles. The lowest BCUT2D eigenvalue weighted by Crippen LogP contribution is -2.48. The normalized spacial score (nSPS) is 18.0. The van der Waals surface area contributed by atoms with E-state index in [-0.39, 0.29) is 12.0 Å². The molecule has 1 unspecified atom stereocenters. The van der Waals surface area contributed by atoms with E-state index >= 15 is 0 Å². The van der Waals surface area contributed by atoms with Gasteiger partial charge in [0, 0.05) is 32.5 Å². The van der Waals surface area contributed by atoms with Crippen molar-refractivity contribution in [3.63, 3.8) is 0 Å². The Morgan fingerprint density at radius 1 is 1.36 bits per heavy atom. The zero-order chi connectivity index (χ0) is 20.1. The quantitative estimate of drug-likeness (QED) is 0.630. The average molecular weight is 386 g/mol. The standard InChI is InChI=1S/C21H31N5O2/c1-14(2)20-24-19(28-25-20)8-9-23-21(22-5)26-10-11-27-18(13-26)17-7-6-15(3)12-16(17)4/h6-7,12,14,18H,8-11,13H2,1-5H3,(H,22,23). The molecular formula is C21H31N5O2. The van der Waals surface area contributed by atoms with E-state index in [1.165, 1.54) is 16.7 Å². The third-order valence-corrected chi connectivity index (χ3v) is 4.97. The molecule has 0 spiro atoms. The maximum atomic E-state index is 6.05. The van der Waals surface area contributed by atoms with Gasteiger partial charge in [-0.1, -0.05) is 42.8 Å². The van der Waals surface area contributed by atoms with Crippen molar-refractivity contribution in [2.45, 2.75) is 46.1 Å². The first-order valence-corrected chi connectivity index (χ1v) is 9.94. The Bertz CT molecular complexity index is 815. The number of benzene rings is 1. The van der Waals surface area contributed by atoms with Crippen LogP contribution in [-0.2, 0) is 11.2 Å². The van der Waals surface area contributed by atoms with Gasteiger partial charge in [-0.05, 0) is 25.0 Å². The fourth-order valence-electron chi connectivity index (χ4n) is 3.43. The Hall–Kier alpha value is -2.41. The number of nitrogens with zero attached hydrogens (tertiary/aromatic N) is 4. The zero-order valence-electron chi connectivity index (χ0n) is 17.5. The van der Waals surface area contributed by atoms with Crippen LogP contribution in [0.2, 0.25) is 0 Å². The molecule has 1 N–H and O–H groups in total. The summed E-state index contributed by atoms with van der Waals surface area (Å²) in [5, 5.41) is 7.42. The summed E-state index contributed by atoms with van der Waals surface area (Å²) in [6.07, 6.45) is 0.723. The van der Waals surface area contributed by atoms with Gasteiger partial charge in [-0.15, -0.1) is 0 Å². The van der Waals surface area contributed by atoms with Crippen molar-refractivity contribution in [3.8, 4) is 0 Å². The van der Waals surface area contributed by atoms with Crippen molar-refractivity contribution < 1.29 is 9.26 Å². The second-order valence-corrected chi connectivity index (χ2v) is 7.59. The van der Waals surface area contributed by atoms with Crippen LogP contribution in [0.1, 0.15) is 54.3 Å². The minimum Gasteiger partial charge on any atom is -0.370 e. The Morgan fingerprint density at radius 3 is 2.86 bits per heavy atom. The summed E-state index contributed by atoms with van der Waals surface area (Å²) in [6, 6.07) is 6.53. The molecule has 1 atom stereocenters. The minimum absolute atomic E-state index is 0.0532. The highest BCUT2D eigenvalue weighted by Gasteiger charge is 2.25. The van der Waals surface area contributed by atoms with Crippen molar-refractivity contribution >= 4 is 5.96 Å². The average Bonchev–Trinajstić information content (AvgIpc) is 3.15. The van der Waals surface area contributed by atoms with Crippen LogP contribution in [0.5, 0.6) is 0 Å². The van der Waals surface area contributed by atoms with Gasteiger partial charge in [-0.3, -0.25) is 4.99 Å². The van der Waals surface area contributed by atoms with E-state index < -0.39 is 0 Å². The number of hydrogen-bond donors (Lipinski definition) is 1. The van der Waals surface area contributed by atoms with Gasteiger partial charge < -0.3 is 19.5 Å². The van der Waals surface area contributed by atoms with E-state index in [0.717, 1.165) is 24.9 Å². The van der Waals surface area contributed by atoms with Gasteiger partial charge >= 0.3 is 0 Å². The number of nitrogens with one attached hydrogen (secondary N) is 1. The predicted octanol–water partition coefficient (Wildman–Crippen LogP) is 3.00. The molecule has 2 aromatic rings. The largest absolute Gasteiger partial charge is 0.370 e. The Balaban J connectivity index is 1.57. The SMILES string of the molecule is CN=C(NCCc1nc(C(C)C)no1)N1CCOC(c2ccc(C)cc2C)C1. The van der Waals surface area contributed by atoms with Gasteiger partial charge in [0.25, 0.3) is 0 Å². The van der Waals surface area contributed by atoms with Crippen LogP contribution < -0.4 is 5.32 Å². The maximum Gasteiger partial charge on any atom is 0.228 e. The van der Waals surface area contributed by atoms with Crippen LogP contribution >= 0.6 is 0 Å². The van der Waals surface area contributed by atoms with Gasteiger partial charge in [-0.2, -0.15) is 4.98 Å². The topological polar surface area (TPSA) is 75.8 Å². The number of aryl methyl sites for hydroxylation is 2. The summed E-state index contributed by atoms with van der Waals surface area (Å²) in [6.45, 7) is 11.3. The molecule has 1 aromatic carbocycles. The first-order chi connectivity index (χ1) is 13.5. The number of aromatic nitrogens is 2. The number of ether oxygens (including phenoxy) is 1. The van der Waals surface area contributed by atoms with Gasteiger partial charge in [0.1, 0.15) is 6.10 Å². The van der Waals surface area contributed by atoms with Gasteiger partial charge in [-0.25, -0.2) is 0 Å². The van der Waals surface area contributed by atoms with E-state index in [0.29, 0.717) is 25.5 Å². The molecule has 1 saturated heterocycles. The van der Waals surface area contributed by atoms with Crippen LogP contribution in [0.4, 0.5) is 0 Å². The first kappa shape index (κ1) is 20.3. The molecule has 1 aliphatic rings. The smallest absolute Gasteiger partial charge is 0.228 e. The van der Waals surface area contributed by atoms with Crippen LogP contribution in [0, 0.1) is 13.8 Å². The molecule has 0 amide bonds. The molecule has 1 aromatic heterocycles. The van der Waals surface area contributed by atoms with E-state index in [1.807, 2.05) is 7.05 Å². The third kappa shape index (κ3) is 4.90. The van der Waals surface area contributed by atoms with Crippen molar-refractivity contribution in [2.75, 3.05) is 33.3 Å². The lowest BCUT2D eigenvalue weighted by atomic mass is 10.00. The molecule has 7 heteroatoms. The van der Waals surface area contributed by atoms with E-state index in [4.69, 9.17) is 9.26 Å². The summed E-state index contributed by atoms with van der Waals surface area (Å²) in [5.74, 6) is 2.56. The molecule has 0 bridgehead atoms. The first-order valence-electron chi connectivity index (χ1n) is 9.94. The summed E-state index contributed by atoms with van der Waals surface area (Å²) < 4.78 is 11.4. The fourth-order valence-corrected chi connectivity index (χ4v) is 3.43. The zero-order valence-corrected chi connectivity index (χ0v) is 17.5. The summed E-state index contributed by atoms with van der Waals surface area (Å²) >= 11 is 0. The maximum absolute atomic E-state index is 6.05. The van der Waals surface area contributed by atoms with Crippen LogP contribution in [0.25, 0.3) is 0 Å². The second-order valence-electron chi connectivity index (χ2n) is 7.59. The highest BCUT2D eigenvalue weighted by Crippen LogP contribution is 2.25. The predicted molar refractivity (Wildman–Crippen MR) is 110 cm³/mol. The summed E-state index contributed by atoms with van der Waals surface area (Å²) in [4.78, 5) is 11.1. The number of rotatable bonds is 5. The van der Waals surface area contributed by atoms with Crippen molar-refractivity contribution in [1.29, 1.82) is 0 Å². The number of aliphatic imine (C=N–C) groups is 1. The molecule has 2 heterocycles. The number of morpholine rings is 1. The molecule has 0 radical (unpaired) electrons. The van der Waals surface area contributed by atoms with Crippen LogP contribution in [-0.4, -0.2) is 54.3 Å². The molecular weight excluding hydrogens is 354 g/mol. The van der Waals surface area contributed by atoms with E-state index in [2.05, 4.69) is 71.2 Å². The molecule has 0 aliphatic carbocycles. The molecule has 7 nitrogen and oxygen atoms in total. The highest BCUT2D eigenvalue weighted by molar-refractivity contribution is 5.80. The lowest BCUT2D eigenvalue weighted by Gasteiger charge is -2.35. The molecule has 3 rings (SSSR count). The number of hydrogen-bond acceptors (Lipinski definition) is 5. The van der Waals surface area contributed by atoms with Crippen molar-refractivity contribution in [3.05, 3.63) is 46.6 Å². The molecule has 28 heavy (non-hydrogen) atoms. The Labute approximate surface area is 167 Å². The monoisotopic (exact) mass is 385 g/mol. The lowest BCUT2D eigenvalue weighted by molar-refractivity contribution is -0.00831. The van der Waals surface area contributed by atoms with Crippen LogP contribution in [0.15, 0.2) is 27.7 Å². The second kappa shape index (κ2) is 9.19. The molecule has 1 aliphatic heterocycles. The highest BCUT2D eigenvalue weighted by atomic mass is 16.5. The molecule has 1 fully saturated rings. The van der Waals surface area contributed by atoms with Crippen molar-refractivity contribution in [2.24, 2.45) is 4.99 Å². The van der Waals surface area contributed by atoms with Crippen LogP contribution in [0.3, 0.4) is 0 Å². The van der Waals surface area contributed by atoms with E-state index in [1.54, 1.807) is 0 Å². The van der Waals surface area contributed by atoms with Gasteiger partial charge in [0.2, 0.25) is 5.89 Å². The van der Waals surface area contributed by atoms with E-state index in [9.17, 15) is 0 Å². The Morgan fingerprint density at radius 2 is 2.18 bits per heavy atom. The van der Waals surface area contributed by atoms with Gasteiger partial charge in [0.15, 0.2) is 11.8 Å². The summed E-state index contributed by atoms with van der Waals surface area (Å²) in [7, 11) is 1.81. The summed E-state index contributed by atoms with van der Waals surface area (Å²) in [5.41, 5.74) is 3.79. The number of guanidine groups is 1. The molecule has 152 valence electrons. The fraction of sp³-hybridized carbons (Fsp3) is 0.571. The van der Waals surface area contributed by atoms with Gasteiger partial charge in [0.05, 0.1) is 13.2 Å². The minimum atomic E-state index is 0.0532. The Kier molecular flexibility index (Phi) is 6.67. The third-order valence-electron chi connectivity index (χ3n) is 4.97.